The summed E-state index contributed by atoms with van der Waals surface area (Å²) in [5.41, 5.74) is 6.01. The first-order valence-corrected chi connectivity index (χ1v) is 9.02. The zero-order chi connectivity index (χ0) is 18.5. The third kappa shape index (κ3) is 4.60. The molecule has 1 unspecified atom stereocenters. The molecule has 3 N–H and O–H groups in total. The molecule has 2 fully saturated rings. The van der Waals surface area contributed by atoms with Crippen LogP contribution in [0.25, 0.3) is 0 Å². The number of amides is 3. The molecule has 9 nitrogen and oxygen atoms in total. The minimum absolute atomic E-state index is 0.0656. The largest absolute Gasteiger partial charge is 0.378 e. The molecule has 0 aliphatic carbocycles. The lowest BCUT2D eigenvalue weighted by molar-refractivity contribution is -0.131. The van der Waals surface area contributed by atoms with E-state index in [2.05, 4.69) is 20.2 Å². The quantitative estimate of drug-likeness (QED) is 0.779. The molecule has 1 aromatic rings. The monoisotopic (exact) mass is 362 g/mol. The van der Waals surface area contributed by atoms with Crippen molar-refractivity contribution in [1.29, 1.82) is 0 Å². The Labute approximate surface area is 152 Å². The molecule has 142 valence electrons. The topological polar surface area (TPSA) is 114 Å². The van der Waals surface area contributed by atoms with E-state index in [0.29, 0.717) is 26.3 Å². The van der Waals surface area contributed by atoms with Gasteiger partial charge in [0.15, 0.2) is 0 Å². The van der Waals surface area contributed by atoms with Crippen molar-refractivity contribution in [3.63, 3.8) is 0 Å². The van der Waals surface area contributed by atoms with E-state index in [4.69, 9.17) is 10.5 Å². The zero-order valence-corrected chi connectivity index (χ0v) is 15.1. The van der Waals surface area contributed by atoms with Crippen LogP contribution in [0.1, 0.15) is 30.3 Å². The number of rotatable bonds is 4. The fourth-order valence-corrected chi connectivity index (χ4v) is 3.46. The molecule has 2 aliphatic heterocycles. The van der Waals surface area contributed by atoms with Gasteiger partial charge in [0.2, 0.25) is 5.91 Å². The van der Waals surface area contributed by atoms with Gasteiger partial charge >= 0.3 is 6.03 Å². The smallest absolute Gasteiger partial charge is 0.312 e. The Hall–Kier alpha value is -2.42. The van der Waals surface area contributed by atoms with E-state index in [-0.39, 0.29) is 18.4 Å². The van der Waals surface area contributed by atoms with E-state index >= 15 is 0 Å². The van der Waals surface area contributed by atoms with E-state index in [9.17, 15) is 9.59 Å². The van der Waals surface area contributed by atoms with Crippen LogP contribution in [0.4, 0.5) is 10.6 Å². The number of hydrogen-bond donors (Lipinski definition) is 2. The highest BCUT2D eigenvalue weighted by Crippen LogP contribution is 2.28. The Morgan fingerprint density at radius 3 is 2.81 bits per heavy atom. The average Bonchev–Trinajstić information content (AvgIpc) is 2.66. The predicted molar refractivity (Wildman–Crippen MR) is 95.9 cm³/mol. The van der Waals surface area contributed by atoms with Gasteiger partial charge in [0.05, 0.1) is 25.5 Å². The summed E-state index contributed by atoms with van der Waals surface area (Å²) < 4.78 is 5.41. The third-order valence-corrected chi connectivity index (χ3v) is 4.79. The van der Waals surface area contributed by atoms with Gasteiger partial charge in [-0.15, -0.1) is 0 Å². The van der Waals surface area contributed by atoms with Crippen molar-refractivity contribution >= 4 is 17.8 Å². The number of primary amides is 1. The number of morpholine rings is 1. The van der Waals surface area contributed by atoms with Gasteiger partial charge in [0, 0.05) is 38.2 Å². The number of nitrogens with one attached hydrogen (secondary N) is 1. The fraction of sp³-hybridized carbons (Fsp3) is 0.647. The van der Waals surface area contributed by atoms with Crippen molar-refractivity contribution in [3.8, 4) is 0 Å². The second-order valence-electron chi connectivity index (χ2n) is 6.69. The van der Waals surface area contributed by atoms with Crippen molar-refractivity contribution in [3.05, 3.63) is 17.6 Å². The molecular formula is C17H26N6O3. The second-order valence-corrected chi connectivity index (χ2v) is 6.69. The molecule has 0 aromatic carbocycles. The Morgan fingerprint density at radius 2 is 2.08 bits per heavy atom. The number of aromatic nitrogens is 2. The first kappa shape index (κ1) is 18.4. The Balaban J connectivity index is 1.70. The SMILES string of the molecule is Cc1nc(C2CCCN(C(=O)CNC(N)=O)C2)cc(N2CCOCC2)n1. The van der Waals surface area contributed by atoms with Crippen LogP contribution in [0.2, 0.25) is 0 Å². The number of carbonyl (C=O) groups is 2. The van der Waals surface area contributed by atoms with Gasteiger partial charge in [-0.25, -0.2) is 14.8 Å². The summed E-state index contributed by atoms with van der Waals surface area (Å²) in [5.74, 6) is 1.72. The van der Waals surface area contributed by atoms with Crippen LogP contribution < -0.4 is 16.0 Å². The zero-order valence-electron chi connectivity index (χ0n) is 15.1. The summed E-state index contributed by atoms with van der Waals surface area (Å²) in [4.78, 5) is 36.3. The number of aryl methyl sites for hydroxylation is 1. The van der Waals surface area contributed by atoms with Crippen molar-refractivity contribution in [1.82, 2.24) is 20.2 Å². The van der Waals surface area contributed by atoms with Crippen LogP contribution in [0, 0.1) is 6.92 Å². The summed E-state index contributed by atoms with van der Waals surface area (Å²) in [6, 6.07) is 1.35. The average molecular weight is 362 g/mol. The third-order valence-electron chi connectivity index (χ3n) is 4.79. The number of ether oxygens (including phenoxy) is 1. The van der Waals surface area contributed by atoms with Crippen LogP contribution in [0.15, 0.2) is 6.07 Å². The van der Waals surface area contributed by atoms with Crippen LogP contribution in [0.3, 0.4) is 0 Å². The lowest BCUT2D eigenvalue weighted by Crippen LogP contribution is -2.45. The minimum atomic E-state index is -0.687. The molecule has 3 rings (SSSR count). The maximum Gasteiger partial charge on any atom is 0.312 e. The van der Waals surface area contributed by atoms with Gasteiger partial charge in [0.1, 0.15) is 11.6 Å². The molecule has 1 atom stereocenters. The summed E-state index contributed by atoms with van der Waals surface area (Å²) >= 11 is 0. The van der Waals surface area contributed by atoms with Gasteiger partial charge in [-0.1, -0.05) is 0 Å². The van der Waals surface area contributed by atoms with Crippen LogP contribution >= 0.6 is 0 Å². The Bertz CT molecular complexity index is 662. The molecule has 3 amide bonds. The van der Waals surface area contributed by atoms with E-state index in [1.807, 2.05) is 13.0 Å². The molecule has 2 aliphatic rings. The summed E-state index contributed by atoms with van der Waals surface area (Å²) in [6.07, 6.45) is 1.88. The highest BCUT2D eigenvalue weighted by Gasteiger charge is 2.27. The van der Waals surface area contributed by atoms with Gasteiger partial charge < -0.3 is 25.6 Å². The van der Waals surface area contributed by atoms with Crippen molar-refractivity contribution in [2.24, 2.45) is 5.73 Å². The number of nitrogens with zero attached hydrogens (tertiary/aromatic N) is 4. The first-order chi connectivity index (χ1) is 12.5. The highest BCUT2D eigenvalue weighted by atomic mass is 16.5. The summed E-state index contributed by atoms with van der Waals surface area (Å²) in [7, 11) is 0. The van der Waals surface area contributed by atoms with E-state index < -0.39 is 6.03 Å². The normalized spacial score (nSPS) is 20.7. The van der Waals surface area contributed by atoms with Crippen LogP contribution in [-0.2, 0) is 9.53 Å². The number of carbonyl (C=O) groups excluding carboxylic acids is 2. The fourth-order valence-electron chi connectivity index (χ4n) is 3.46. The number of urea groups is 1. The highest BCUT2D eigenvalue weighted by molar-refractivity contribution is 5.83. The lowest BCUT2D eigenvalue weighted by atomic mass is 9.94. The number of nitrogens with two attached hydrogens (primary N) is 1. The lowest BCUT2D eigenvalue weighted by Gasteiger charge is -2.33. The molecule has 0 radical (unpaired) electrons. The molecule has 2 saturated heterocycles. The molecule has 0 saturated carbocycles. The van der Waals surface area contributed by atoms with Gasteiger partial charge in [-0.05, 0) is 19.8 Å². The number of hydrogen-bond acceptors (Lipinski definition) is 6. The maximum absolute atomic E-state index is 12.3. The first-order valence-electron chi connectivity index (χ1n) is 9.02. The Kier molecular flexibility index (Phi) is 5.87. The van der Waals surface area contributed by atoms with Crippen molar-refractivity contribution in [2.45, 2.75) is 25.7 Å². The molecule has 3 heterocycles. The molecule has 0 bridgehead atoms. The van der Waals surface area contributed by atoms with E-state index in [1.165, 1.54) is 0 Å². The molecule has 26 heavy (non-hydrogen) atoms. The molecular weight excluding hydrogens is 336 g/mol. The number of anilines is 1. The van der Waals surface area contributed by atoms with E-state index in [0.717, 1.165) is 43.3 Å². The Morgan fingerprint density at radius 1 is 1.31 bits per heavy atom. The van der Waals surface area contributed by atoms with Crippen molar-refractivity contribution in [2.75, 3.05) is 50.8 Å². The maximum atomic E-state index is 12.3. The number of piperidine rings is 1. The minimum Gasteiger partial charge on any atom is -0.378 e. The van der Waals surface area contributed by atoms with Crippen LogP contribution in [0.5, 0.6) is 0 Å². The molecule has 1 aromatic heterocycles. The molecule has 0 spiro atoms. The second kappa shape index (κ2) is 8.31. The summed E-state index contributed by atoms with van der Waals surface area (Å²) in [6.45, 7) is 6.18. The van der Waals surface area contributed by atoms with Gasteiger partial charge in [0.25, 0.3) is 0 Å². The van der Waals surface area contributed by atoms with Crippen LogP contribution in [-0.4, -0.2) is 72.7 Å². The van der Waals surface area contributed by atoms with Gasteiger partial charge in [-0.2, -0.15) is 0 Å². The van der Waals surface area contributed by atoms with Gasteiger partial charge in [-0.3, -0.25) is 4.79 Å². The molecule has 9 heteroatoms. The summed E-state index contributed by atoms with van der Waals surface area (Å²) in [5, 5.41) is 2.36. The van der Waals surface area contributed by atoms with Crippen molar-refractivity contribution < 1.29 is 14.3 Å². The number of likely N-dealkylation sites (tertiary alicyclic amines) is 1. The van der Waals surface area contributed by atoms with E-state index in [1.54, 1.807) is 4.90 Å². The predicted octanol–water partition coefficient (Wildman–Crippen LogP) is -0.00408. The standard InChI is InChI=1S/C17H26N6O3/c1-12-20-14(9-15(21-12)22-5-7-26-8-6-22)13-3-2-4-23(11-13)16(24)10-19-17(18)25/h9,13H,2-8,10-11H2,1H3,(H3,18,19,25).